The van der Waals surface area contributed by atoms with Crippen LogP contribution in [-0.2, 0) is 4.79 Å². The van der Waals surface area contributed by atoms with Gasteiger partial charge < -0.3 is 14.7 Å². The molecule has 1 N–H and O–H groups in total. The quantitative estimate of drug-likeness (QED) is 0.794. The maximum atomic E-state index is 10.5. The Hall–Kier alpha value is -1.97. The lowest BCUT2D eigenvalue weighted by Gasteiger charge is -2.19. The van der Waals surface area contributed by atoms with E-state index in [1.165, 1.54) is 6.08 Å². The summed E-state index contributed by atoms with van der Waals surface area (Å²) in [7, 11) is 3.54. The number of carbonyl (C=O) groups is 1. The normalized spacial score (nSPS) is 11.1. The third-order valence-electron chi connectivity index (χ3n) is 2.37. The van der Waals surface area contributed by atoms with Crippen molar-refractivity contribution in [1.82, 2.24) is 0 Å². The van der Waals surface area contributed by atoms with Crippen LogP contribution in [0.5, 0.6) is 5.75 Å². The van der Waals surface area contributed by atoms with Gasteiger partial charge in [0, 0.05) is 25.4 Å². The molecule has 0 saturated heterocycles. The Bertz CT molecular complexity index is 409. The molecule has 0 atom stereocenters. The number of ether oxygens (including phenoxy) is 1. The highest BCUT2D eigenvalue weighted by Crippen LogP contribution is 2.18. The molecule has 0 heterocycles. The van der Waals surface area contributed by atoms with Gasteiger partial charge in [0.15, 0.2) is 0 Å². The van der Waals surface area contributed by atoms with Crippen LogP contribution in [0.2, 0.25) is 0 Å². The molecule has 0 radical (unpaired) electrons. The van der Waals surface area contributed by atoms with E-state index in [-0.39, 0.29) is 0 Å². The van der Waals surface area contributed by atoms with Crippen LogP contribution in [0.4, 0.5) is 5.69 Å². The van der Waals surface area contributed by atoms with Gasteiger partial charge in [-0.15, -0.1) is 0 Å². The van der Waals surface area contributed by atoms with Crippen molar-refractivity contribution in [3.05, 3.63) is 35.9 Å². The zero-order chi connectivity index (χ0) is 12.8. The first-order valence-corrected chi connectivity index (χ1v) is 5.28. The van der Waals surface area contributed by atoms with Crippen LogP contribution in [0.1, 0.15) is 6.92 Å². The molecule has 1 aromatic carbocycles. The Morgan fingerprint density at radius 3 is 2.47 bits per heavy atom. The van der Waals surface area contributed by atoms with E-state index in [0.717, 1.165) is 17.0 Å². The fraction of sp³-hybridized carbons (Fsp3) is 0.308. The second kappa shape index (κ2) is 5.94. The molecule has 0 aliphatic heterocycles. The number of rotatable bonds is 5. The van der Waals surface area contributed by atoms with Crippen molar-refractivity contribution in [2.75, 3.05) is 25.6 Å². The number of aliphatic carboxylic acids is 1. The molecule has 92 valence electrons. The zero-order valence-corrected chi connectivity index (χ0v) is 10.3. The third-order valence-corrected chi connectivity index (χ3v) is 2.37. The second-order valence-corrected chi connectivity index (χ2v) is 3.88. The predicted octanol–water partition coefficient (Wildman–Crippen LogP) is 2.16. The Balaban J connectivity index is 2.69. The average molecular weight is 235 g/mol. The van der Waals surface area contributed by atoms with E-state index < -0.39 is 5.97 Å². The van der Waals surface area contributed by atoms with E-state index >= 15 is 0 Å². The van der Waals surface area contributed by atoms with Crippen LogP contribution >= 0.6 is 0 Å². The van der Waals surface area contributed by atoms with Crippen LogP contribution in [-0.4, -0.2) is 31.8 Å². The van der Waals surface area contributed by atoms with E-state index in [0.29, 0.717) is 6.54 Å². The van der Waals surface area contributed by atoms with Crippen molar-refractivity contribution < 1.29 is 14.6 Å². The highest BCUT2D eigenvalue weighted by molar-refractivity contribution is 5.80. The van der Waals surface area contributed by atoms with Gasteiger partial charge in [-0.3, -0.25) is 0 Å². The second-order valence-electron chi connectivity index (χ2n) is 3.88. The van der Waals surface area contributed by atoms with Gasteiger partial charge in [-0.1, -0.05) is 0 Å². The van der Waals surface area contributed by atoms with Crippen molar-refractivity contribution in [2.45, 2.75) is 6.92 Å². The molecule has 0 amide bonds. The Kier molecular flexibility index (Phi) is 4.57. The minimum atomic E-state index is -0.911. The molecule has 0 aliphatic rings. The highest BCUT2D eigenvalue weighted by atomic mass is 16.5. The fourth-order valence-corrected chi connectivity index (χ4v) is 1.56. The molecule has 0 spiro atoms. The van der Waals surface area contributed by atoms with Crippen molar-refractivity contribution >= 4 is 11.7 Å². The number of anilines is 1. The lowest BCUT2D eigenvalue weighted by molar-refractivity contribution is -0.131. The van der Waals surface area contributed by atoms with Crippen molar-refractivity contribution in [2.24, 2.45) is 0 Å². The first-order chi connectivity index (χ1) is 8.02. The molecule has 0 saturated carbocycles. The van der Waals surface area contributed by atoms with Crippen molar-refractivity contribution in [1.29, 1.82) is 0 Å². The molecule has 1 aromatic rings. The monoisotopic (exact) mass is 235 g/mol. The van der Waals surface area contributed by atoms with Gasteiger partial charge in [-0.2, -0.15) is 0 Å². The van der Waals surface area contributed by atoms with E-state index in [2.05, 4.69) is 0 Å². The molecule has 0 unspecified atom stereocenters. The molecule has 0 aliphatic carbocycles. The van der Waals surface area contributed by atoms with Crippen LogP contribution in [0.3, 0.4) is 0 Å². The molecule has 0 aromatic heterocycles. The van der Waals surface area contributed by atoms with Gasteiger partial charge in [0.25, 0.3) is 0 Å². The maximum Gasteiger partial charge on any atom is 0.328 e. The molecular formula is C13H17NO3. The minimum Gasteiger partial charge on any atom is -0.497 e. The maximum absolute atomic E-state index is 10.5. The van der Waals surface area contributed by atoms with Crippen LogP contribution in [0, 0.1) is 0 Å². The van der Waals surface area contributed by atoms with Gasteiger partial charge in [-0.05, 0) is 36.8 Å². The largest absolute Gasteiger partial charge is 0.497 e. The van der Waals surface area contributed by atoms with Crippen molar-refractivity contribution in [3.8, 4) is 5.75 Å². The van der Waals surface area contributed by atoms with Crippen LogP contribution in [0.15, 0.2) is 35.9 Å². The number of nitrogens with zero attached hydrogens (tertiary/aromatic N) is 1. The number of benzene rings is 1. The topological polar surface area (TPSA) is 49.8 Å². The van der Waals surface area contributed by atoms with Crippen molar-refractivity contribution in [3.63, 3.8) is 0 Å². The minimum absolute atomic E-state index is 0.582. The molecule has 1 rings (SSSR count). The highest BCUT2D eigenvalue weighted by Gasteiger charge is 2.03. The van der Waals surface area contributed by atoms with E-state index in [1.807, 2.05) is 36.2 Å². The van der Waals surface area contributed by atoms with E-state index in [9.17, 15) is 4.79 Å². The third kappa shape index (κ3) is 4.18. The smallest absolute Gasteiger partial charge is 0.328 e. The van der Waals surface area contributed by atoms with Gasteiger partial charge in [0.1, 0.15) is 5.75 Å². The summed E-state index contributed by atoms with van der Waals surface area (Å²) in [6.07, 6.45) is 1.22. The summed E-state index contributed by atoms with van der Waals surface area (Å²) in [6.45, 7) is 2.38. The van der Waals surface area contributed by atoms with Gasteiger partial charge >= 0.3 is 5.97 Å². The summed E-state index contributed by atoms with van der Waals surface area (Å²) < 4.78 is 5.08. The Morgan fingerprint density at radius 2 is 2.00 bits per heavy atom. The summed E-state index contributed by atoms with van der Waals surface area (Å²) >= 11 is 0. The zero-order valence-electron chi connectivity index (χ0n) is 10.3. The Morgan fingerprint density at radius 1 is 1.41 bits per heavy atom. The summed E-state index contributed by atoms with van der Waals surface area (Å²) in [5, 5.41) is 8.62. The number of hydrogen-bond acceptors (Lipinski definition) is 3. The standard InChI is InChI=1S/C13H17NO3/c1-10(8-13(15)16)9-14(2)11-4-6-12(17-3)7-5-11/h4-8H,9H2,1-3H3,(H,15,16). The fourth-order valence-electron chi connectivity index (χ4n) is 1.56. The number of carboxylic acids is 1. The predicted molar refractivity (Wildman–Crippen MR) is 67.7 cm³/mol. The average Bonchev–Trinajstić information content (AvgIpc) is 2.28. The van der Waals surface area contributed by atoms with E-state index in [1.54, 1.807) is 14.0 Å². The summed E-state index contributed by atoms with van der Waals surface area (Å²) in [5.74, 6) is -0.106. The van der Waals surface area contributed by atoms with Gasteiger partial charge in [0.2, 0.25) is 0 Å². The molecule has 4 nitrogen and oxygen atoms in total. The SMILES string of the molecule is COc1ccc(N(C)CC(C)=CC(=O)O)cc1. The van der Waals surface area contributed by atoms with Crippen LogP contribution in [0.25, 0.3) is 0 Å². The molecule has 0 bridgehead atoms. The summed E-state index contributed by atoms with van der Waals surface area (Å²) in [6, 6.07) is 7.63. The molecule has 0 fully saturated rings. The molecular weight excluding hydrogens is 218 g/mol. The first kappa shape index (κ1) is 13.1. The number of methoxy groups -OCH3 is 1. The van der Waals surface area contributed by atoms with E-state index in [4.69, 9.17) is 9.84 Å². The molecule has 17 heavy (non-hydrogen) atoms. The lowest BCUT2D eigenvalue weighted by atomic mass is 10.2. The lowest BCUT2D eigenvalue weighted by Crippen LogP contribution is -2.19. The summed E-state index contributed by atoms with van der Waals surface area (Å²) in [5.41, 5.74) is 1.82. The number of likely N-dealkylation sites (N-methyl/N-ethyl adjacent to an activating group) is 1. The number of carboxylic acid groups (broad SMARTS) is 1. The van der Waals surface area contributed by atoms with Crippen LogP contribution < -0.4 is 9.64 Å². The first-order valence-electron chi connectivity index (χ1n) is 5.28. The molecule has 4 heteroatoms. The van der Waals surface area contributed by atoms with Gasteiger partial charge in [-0.25, -0.2) is 4.79 Å². The summed E-state index contributed by atoms with van der Waals surface area (Å²) in [4.78, 5) is 12.5. The number of hydrogen-bond donors (Lipinski definition) is 1. The Labute approximate surface area is 101 Å². The van der Waals surface area contributed by atoms with Gasteiger partial charge in [0.05, 0.1) is 7.11 Å².